The molecular formula is C26H20N2O. The number of hydrogen-bond acceptors (Lipinski definition) is 2. The summed E-state index contributed by atoms with van der Waals surface area (Å²) in [5, 5.41) is 8.25. The molecule has 4 aromatic carbocycles. The summed E-state index contributed by atoms with van der Waals surface area (Å²) < 4.78 is 7.74. The number of nitrogens with zero attached hydrogens (tertiary/aromatic N) is 2. The first-order chi connectivity index (χ1) is 14.3. The predicted octanol–water partition coefficient (Wildman–Crippen LogP) is 6.36. The number of para-hydroxylation sites is 1. The number of ether oxygens (including phenoxy) is 1. The first-order valence-corrected chi connectivity index (χ1v) is 9.62. The van der Waals surface area contributed by atoms with Gasteiger partial charge in [0.15, 0.2) is 0 Å². The van der Waals surface area contributed by atoms with Crippen molar-refractivity contribution in [2.45, 2.75) is 0 Å². The SMILES string of the molecule is COc1cc2c(C=Cc3ccccc3)nn(-c3ccccc3)c2c2ccccc12. The number of benzene rings is 4. The molecule has 0 aliphatic carbocycles. The van der Waals surface area contributed by atoms with E-state index in [-0.39, 0.29) is 0 Å². The number of aromatic nitrogens is 2. The summed E-state index contributed by atoms with van der Waals surface area (Å²) in [6.07, 6.45) is 4.17. The van der Waals surface area contributed by atoms with Gasteiger partial charge in [-0.05, 0) is 29.8 Å². The van der Waals surface area contributed by atoms with Crippen LogP contribution in [-0.2, 0) is 0 Å². The Balaban J connectivity index is 1.82. The average molecular weight is 376 g/mol. The first-order valence-electron chi connectivity index (χ1n) is 9.62. The van der Waals surface area contributed by atoms with E-state index in [1.807, 2.05) is 47.1 Å². The molecule has 0 bridgehead atoms. The van der Waals surface area contributed by atoms with E-state index in [1.165, 1.54) is 0 Å². The average Bonchev–Trinajstić information content (AvgIpc) is 3.17. The summed E-state index contributed by atoms with van der Waals surface area (Å²) in [5.41, 5.74) is 4.17. The monoisotopic (exact) mass is 376 g/mol. The van der Waals surface area contributed by atoms with Crippen LogP contribution in [0.3, 0.4) is 0 Å². The Morgan fingerprint density at radius 1 is 0.724 bits per heavy atom. The van der Waals surface area contributed by atoms with Gasteiger partial charge in [-0.25, -0.2) is 4.68 Å². The van der Waals surface area contributed by atoms with Gasteiger partial charge in [0.05, 0.1) is 24.0 Å². The fraction of sp³-hybridized carbons (Fsp3) is 0.0385. The van der Waals surface area contributed by atoms with Crippen molar-refractivity contribution in [1.82, 2.24) is 9.78 Å². The lowest BCUT2D eigenvalue weighted by molar-refractivity contribution is 0.420. The molecule has 29 heavy (non-hydrogen) atoms. The standard InChI is InChI=1S/C26H20N2O/c1-29-25-18-23-24(17-16-19-10-4-2-5-11-19)27-28(20-12-6-3-7-13-20)26(23)22-15-9-8-14-21(22)25/h2-18H,1H3. The summed E-state index contributed by atoms with van der Waals surface area (Å²) in [6, 6.07) is 30.9. The zero-order valence-corrected chi connectivity index (χ0v) is 16.1. The Morgan fingerprint density at radius 3 is 2.10 bits per heavy atom. The number of fused-ring (bicyclic) bond motifs is 3. The maximum atomic E-state index is 5.71. The molecule has 0 atom stereocenters. The molecule has 0 saturated carbocycles. The third kappa shape index (κ3) is 3.07. The van der Waals surface area contributed by atoms with Gasteiger partial charge >= 0.3 is 0 Å². The Morgan fingerprint density at radius 2 is 1.38 bits per heavy atom. The van der Waals surface area contributed by atoms with Crippen LogP contribution in [0.1, 0.15) is 11.3 Å². The van der Waals surface area contributed by atoms with Crippen molar-refractivity contribution in [3.8, 4) is 11.4 Å². The van der Waals surface area contributed by atoms with Gasteiger partial charge in [-0.1, -0.05) is 78.9 Å². The van der Waals surface area contributed by atoms with Gasteiger partial charge in [-0.3, -0.25) is 0 Å². The maximum Gasteiger partial charge on any atom is 0.127 e. The smallest absolute Gasteiger partial charge is 0.127 e. The van der Waals surface area contributed by atoms with E-state index < -0.39 is 0 Å². The lowest BCUT2D eigenvalue weighted by Gasteiger charge is -2.09. The highest BCUT2D eigenvalue weighted by Gasteiger charge is 2.16. The number of hydrogen-bond donors (Lipinski definition) is 0. The molecule has 1 heterocycles. The number of rotatable bonds is 4. The van der Waals surface area contributed by atoms with Crippen LogP contribution in [-0.4, -0.2) is 16.9 Å². The van der Waals surface area contributed by atoms with Gasteiger partial charge in [0.25, 0.3) is 0 Å². The van der Waals surface area contributed by atoms with Crippen LogP contribution in [0.4, 0.5) is 0 Å². The summed E-state index contributed by atoms with van der Waals surface area (Å²) >= 11 is 0. The van der Waals surface area contributed by atoms with Crippen LogP contribution in [0.25, 0.3) is 39.5 Å². The fourth-order valence-corrected chi connectivity index (χ4v) is 3.75. The molecule has 0 aliphatic heterocycles. The van der Waals surface area contributed by atoms with Crippen molar-refractivity contribution in [3.05, 3.63) is 102 Å². The van der Waals surface area contributed by atoms with Crippen LogP contribution in [0.2, 0.25) is 0 Å². The summed E-state index contributed by atoms with van der Waals surface area (Å²) in [5.74, 6) is 0.857. The lowest BCUT2D eigenvalue weighted by Crippen LogP contribution is -1.96. The number of methoxy groups -OCH3 is 1. The van der Waals surface area contributed by atoms with E-state index in [4.69, 9.17) is 9.84 Å². The van der Waals surface area contributed by atoms with Gasteiger partial charge in [-0.15, -0.1) is 0 Å². The van der Waals surface area contributed by atoms with Crippen LogP contribution in [0, 0.1) is 0 Å². The molecule has 1 aromatic heterocycles. The highest BCUT2D eigenvalue weighted by molar-refractivity contribution is 6.11. The Kier molecular flexibility index (Phi) is 4.34. The van der Waals surface area contributed by atoms with E-state index in [2.05, 4.69) is 60.7 Å². The van der Waals surface area contributed by atoms with Crippen molar-refractivity contribution < 1.29 is 4.74 Å². The molecule has 0 aliphatic rings. The van der Waals surface area contributed by atoms with Crippen molar-refractivity contribution in [2.75, 3.05) is 7.11 Å². The largest absolute Gasteiger partial charge is 0.496 e. The molecule has 0 radical (unpaired) electrons. The minimum absolute atomic E-state index is 0.857. The van der Waals surface area contributed by atoms with Gasteiger partial charge < -0.3 is 4.74 Å². The highest BCUT2D eigenvalue weighted by atomic mass is 16.5. The van der Waals surface area contributed by atoms with Crippen LogP contribution in [0.5, 0.6) is 5.75 Å². The van der Waals surface area contributed by atoms with Gasteiger partial charge in [-0.2, -0.15) is 5.10 Å². The van der Waals surface area contributed by atoms with E-state index >= 15 is 0 Å². The Hall–Kier alpha value is -3.85. The van der Waals surface area contributed by atoms with Crippen LogP contribution < -0.4 is 4.74 Å². The lowest BCUT2D eigenvalue weighted by atomic mass is 10.0. The molecular weight excluding hydrogens is 356 g/mol. The Labute approximate surface area is 169 Å². The molecule has 5 rings (SSSR count). The normalized spacial score (nSPS) is 11.5. The zero-order valence-electron chi connectivity index (χ0n) is 16.1. The maximum absolute atomic E-state index is 5.71. The second-order valence-corrected chi connectivity index (χ2v) is 6.90. The van der Waals surface area contributed by atoms with Crippen LogP contribution >= 0.6 is 0 Å². The summed E-state index contributed by atoms with van der Waals surface area (Å²) in [4.78, 5) is 0. The molecule has 0 amide bonds. The quantitative estimate of drug-likeness (QED) is 0.365. The van der Waals surface area contributed by atoms with Crippen LogP contribution in [0.15, 0.2) is 91.0 Å². The predicted molar refractivity (Wildman–Crippen MR) is 120 cm³/mol. The van der Waals surface area contributed by atoms with Crippen molar-refractivity contribution in [3.63, 3.8) is 0 Å². The first kappa shape index (κ1) is 17.3. The van der Waals surface area contributed by atoms with Gasteiger partial charge in [0.1, 0.15) is 5.75 Å². The highest BCUT2D eigenvalue weighted by Crippen LogP contribution is 2.36. The molecule has 140 valence electrons. The van der Waals surface area contributed by atoms with Crippen molar-refractivity contribution in [2.24, 2.45) is 0 Å². The van der Waals surface area contributed by atoms with E-state index in [0.717, 1.165) is 44.4 Å². The molecule has 3 heteroatoms. The second-order valence-electron chi connectivity index (χ2n) is 6.90. The molecule has 5 aromatic rings. The third-order valence-corrected chi connectivity index (χ3v) is 5.13. The molecule has 0 saturated heterocycles. The minimum atomic E-state index is 0.857. The molecule has 3 nitrogen and oxygen atoms in total. The molecule has 0 N–H and O–H groups in total. The van der Waals surface area contributed by atoms with E-state index in [1.54, 1.807) is 7.11 Å². The zero-order chi connectivity index (χ0) is 19.6. The summed E-state index contributed by atoms with van der Waals surface area (Å²) in [6.45, 7) is 0. The Bertz CT molecular complexity index is 1320. The van der Waals surface area contributed by atoms with Crippen molar-refractivity contribution >= 4 is 33.8 Å². The fourth-order valence-electron chi connectivity index (χ4n) is 3.75. The molecule has 0 unspecified atom stereocenters. The molecule has 0 fully saturated rings. The van der Waals surface area contributed by atoms with E-state index in [0.29, 0.717) is 0 Å². The van der Waals surface area contributed by atoms with Crippen molar-refractivity contribution in [1.29, 1.82) is 0 Å². The second kappa shape index (κ2) is 7.28. The topological polar surface area (TPSA) is 27.1 Å². The third-order valence-electron chi connectivity index (χ3n) is 5.13. The van der Waals surface area contributed by atoms with Gasteiger partial charge in [0, 0.05) is 16.2 Å². The minimum Gasteiger partial charge on any atom is -0.496 e. The van der Waals surface area contributed by atoms with E-state index in [9.17, 15) is 0 Å². The summed E-state index contributed by atoms with van der Waals surface area (Å²) in [7, 11) is 1.72. The molecule has 0 spiro atoms. The van der Waals surface area contributed by atoms with Gasteiger partial charge in [0.2, 0.25) is 0 Å².